The highest BCUT2D eigenvalue weighted by molar-refractivity contribution is 7.92. The summed E-state index contributed by atoms with van der Waals surface area (Å²) in [6.45, 7) is 0. The summed E-state index contributed by atoms with van der Waals surface area (Å²) in [6.07, 6.45) is 0. The molecule has 0 saturated carbocycles. The van der Waals surface area contributed by atoms with Crippen molar-refractivity contribution < 1.29 is 17.9 Å². The van der Waals surface area contributed by atoms with Gasteiger partial charge in [0.1, 0.15) is 11.5 Å². The van der Waals surface area contributed by atoms with E-state index < -0.39 is 9.84 Å². The van der Waals surface area contributed by atoms with Crippen molar-refractivity contribution >= 4 is 21.2 Å². The Morgan fingerprint density at radius 1 is 0.524 bits per heavy atom. The molecule has 0 aromatic heterocycles. The van der Waals surface area contributed by atoms with E-state index in [1.807, 2.05) is 115 Å². The summed E-state index contributed by atoms with van der Waals surface area (Å²) in [6, 6.07) is 42.2. The van der Waals surface area contributed by atoms with E-state index in [1.54, 1.807) is 18.2 Å². The summed E-state index contributed by atoms with van der Waals surface area (Å²) >= 11 is 0. The van der Waals surface area contributed by atoms with Crippen molar-refractivity contribution in [3.8, 4) is 56.4 Å². The number of para-hydroxylation sites is 5. The van der Waals surface area contributed by atoms with Gasteiger partial charge in [0.2, 0.25) is 9.84 Å². The molecule has 6 aromatic carbocycles. The first-order valence-electron chi connectivity index (χ1n) is 13.6. The molecule has 2 aliphatic heterocycles. The molecule has 0 atom stereocenters. The van der Waals surface area contributed by atoms with Gasteiger partial charge in [-0.2, -0.15) is 0 Å². The third-order valence-corrected chi connectivity index (χ3v) is 9.58. The Bertz CT molecular complexity index is 2150. The molecule has 6 aromatic rings. The third-order valence-electron chi connectivity index (χ3n) is 7.71. The topological polar surface area (TPSA) is 64.6 Å². The Balaban J connectivity index is 1.20. The molecule has 0 bridgehead atoms. The van der Waals surface area contributed by atoms with Crippen molar-refractivity contribution in [2.75, 3.05) is 5.32 Å². The van der Waals surface area contributed by atoms with E-state index in [0.717, 1.165) is 50.7 Å². The zero-order chi connectivity index (χ0) is 28.3. The maximum absolute atomic E-state index is 13.1. The van der Waals surface area contributed by atoms with E-state index in [1.165, 1.54) is 0 Å². The fourth-order valence-corrected chi connectivity index (χ4v) is 7.41. The minimum absolute atomic E-state index is 0.334. The normalized spacial score (nSPS) is 13.5. The lowest BCUT2D eigenvalue weighted by molar-refractivity contribution is 0.477. The highest BCUT2D eigenvalue weighted by Crippen LogP contribution is 2.50. The lowest BCUT2D eigenvalue weighted by Gasteiger charge is -2.24. The van der Waals surface area contributed by atoms with Crippen LogP contribution in [-0.4, -0.2) is 8.42 Å². The van der Waals surface area contributed by atoms with Gasteiger partial charge in [-0.25, -0.2) is 8.42 Å². The van der Waals surface area contributed by atoms with Crippen LogP contribution in [0.5, 0.6) is 23.0 Å². The van der Waals surface area contributed by atoms with Gasteiger partial charge >= 0.3 is 0 Å². The van der Waals surface area contributed by atoms with Crippen molar-refractivity contribution in [3.63, 3.8) is 0 Å². The van der Waals surface area contributed by atoms with Crippen LogP contribution >= 0.6 is 0 Å². The van der Waals surface area contributed by atoms with E-state index in [2.05, 4.69) is 5.32 Å². The smallest absolute Gasteiger partial charge is 0.207 e. The molecule has 2 heterocycles. The first kappa shape index (κ1) is 24.5. The van der Waals surface area contributed by atoms with Gasteiger partial charge in [0.15, 0.2) is 11.5 Å². The first-order chi connectivity index (χ1) is 20.6. The molecule has 0 spiro atoms. The highest BCUT2D eigenvalue weighted by Gasteiger charge is 2.32. The van der Waals surface area contributed by atoms with E-state index in [-0.39, 0.29) is 0 Å². The molecule has 0 saturated heterocycles. The fourth-order valence-electron chi connectivity index (χ4n) is 5.75. The summed E-state index contributed by atoms with van der Waals surface area (Å²) in [4.78, 5) is 0.682. The number of ether oxygens (including phenoxy) is 2. The van der Waals surface area contributed by atoms with Gasteiger partial charge in [-0.15, -0.1) is 0 Å². The van der Waals surface area contributed by atoms with Crippen LogP contribution in [0.25, 0.3) is 33.4 Å². The summed E-state index contributed by atoms with van der Waals surface area (Å²) in [5.41, 5.74) is 6.76. The number of hydrogen-bond donors (Lipinski definition) is 1. The second-order valence-electron chi connectivity index (χ2n) is 10.2. The number of benzene rings is 6. The Labute approximate surface area is 243 Å². The van der Waals surface area contributed by atoms with Crippen LogP contribution in [0.15, 0.2) is 143 Å². The molecule has 5 nitrogen and oxygen atoms in total. The van der Waals surface area contributed by atoms with Gasteiger partial charge in [-0.05, 0) is 54.1 Å². The highest BCUT2D eigenvalue weighted by atomic mass is 32.2. The zero-order valence-electron chi connectivity index (χ0n) is 22.2. The Morgan fingerprint density at radius 3 is 2.00 bits per heavy atom. The summed E-state index contributed by atoms with van der Waals surface area (Å²) in [5, 5.41) is 3.48. The summed E-state index contributed by atoms with van der Waals surface area (Å²) in [5.74, 6) is 2.84. The fraction of sp³-hybridized carbons (Fsp3) is 0. The van der Waals surface area contributed by atoms with Gasteiger partial charge < -0.3 is 14.8 Å². The molecular weight excluding hydrogens is 542 g/mol. The van der Waals surface area contributed by atoms with Crippen LogP contribution in [-0.2, 0) is 9.84 Å². The lowest BCUT2D eigenvalue weighted by atomic mass is 9.98. The summed E-state index contributed by atoms with van der Waals surface area (Å²) in [7, 11) is -3.53. The molecule has 0 aliphatic carbocycles. The molecule has 42 heavy (non-hydrogen) atoms. The van der Waals surface area contributed by atoms with E-state index >= 15 is 0 Å². The molecule has 8 rings (SSSR count). The predicted molar refractivity (Wildman–Crippen MR) is 165 cm³/mol. The number of hydrogen-bond acceptors (Lipinski definition) is 5. The summed E-state index contributed by atoms with van der Waals surface area (Å²) < 4.78 is 39.3. The first-order valence-corrected chi connectivity index (χ1v) is 15.1. The molecule has 0 amide bonds. The Kier molecular flexibility index (Phi) is 5.45. The predicted octanol–water partition coefficient (Wildman–Crippen LogP) is 9.48. The molecule has 0 unspecified atom stereocenters. The number of nitrogens with one attached hydrogen (secondary N) is 1. The monoisotopic (exact) mass is 565 g/mol. The van der Waals surface area contributed by atoms with E-state index in [9.17, 15) is 8.42 Å². The average Bonchev–Trinajstić information content (AvgIpc) is 3.26. The molecule has 2 aliphatic rings. The van der Waals surface area contributed by atoms with Crippen LogP contribution in [0.1, 0.15) is 0 Å². The van der Waals surface area contributed by atoms with Crippen molar-refractivity contribution in [1.29, 1.82) is 0 Å². The number of fused-ring (bicyclic) bond motifs is 5. The standard InChI is InChI=1S/C36H23NO4S/c38-42(39)34-19-8-3-12-26(34)28-22-23(20-21-35(28)42)24-10-1-5-16-31(24)40-32-17-6-2-11-25(32)27-13-9-15-30-36(27)41-33-18-7-4-14-29(33)37-30/h1-22,37H. The van der Waals surface area contributed by atoms with Crippen LogP contribution in [0, 0.1) is 0 Å². The Morgan fingerprint density at radius 2 is 1.14 bits per heavy atom. The van der Waals surface area contributed by atoms with Crippen molar-refractivity contribution in [2.24, 2.45) is 0 Å². The van der Waals surface area contributed by atoms with E-state index in [0.29, 0.717) is 26.9 Å². The molecule has 1 N–H and O–H groups in total. The zero-order valence-corrected chi connectivity index (χ0v) is 23.1. The minimum atomic E-state index is -3.53. The molecule has 0 fully saturated rings. The maximum Gasteiger partial charge on any atom is 0.207 e. The van der Waals surface area contributed by atoms with Gasteiger partial charge in [0, 0.05) is 27.8 Å². The average molecular weight is 566 g/mol. The molecule has 6 heteroatoms. The van der Waals surface area contributed by atoms with Crippen LogP contribution < -0.4 is 14.8 Å². The largest absolute Gasteiger partial charge is 0.456 e. The van der Waals surface area contributed by atoms with Crippen LogP contribution in [0.3, 0.4) is 0 Å². The van der Waals surface area contributed by atoms with Crippen molar-refractivity contribution in [3.05, 3.63) is 133 Å². The molecular formula is C36H23NO4S. The number of sulfone groups is 1. The van der Waals surface area contributed by atoms with Gasteiger partial charge in [-0.3, -0.25) is 0 Å². The van der Waals surface area contributed by atoms with Crippen LogP contribution in [0.4, 0.5) is 11.4 Å². The lowest BCUT2D eigenvalue weighted by Crippen LogP contribution is -2.04. The maximum atomic E-state index is 13.1. The Hall–Kier alpha value is -5.33. The SMILES string of the molecule is O=S1(=O)c2ccccc2-c2cc(-c3ccccc3Oc3ccccc3-c3cccc4c3Oc3ccccc3N4)ccc21. The second-order valence-corrected chi connectivity index (χ2v) is 12.1. The quantitative estimate of drug-likeness (QED) is 0.230. The number of anilines is 2. The van der Waals surface area contributed by atoms with Crippen molar-refractivity contribution in [2.45, 2.75) is 9.79 Å². The number of rotatable bonds is 4. The van der Waals surface area contributed by atoms with Gasteiger partial charge in [0.05, 0.1) is 21.2 Å². The van der Waals surface area contributed by atoms with Gasteiger partial charge in [0.25, 0.3) is 0 Å². The van der Waals surface area contributed by atoms with E-state index in [4.69, 9.17) is 9.47 Å². The van der Waals surface area contributed by atoms with Crippen LogP contribution in [0.2, 0.25) is 0 Å². The minimum Gasteiger partial charge on any atom is -0.456 e. The van der Waals surface area contributed by atoms with Gasteiger partial charge in [-0.1, -0.05) is 84.9 Å². The molecule has 0 radical (unpaired) electrons. The third kappa shape index (κ3) is 3.80. The molecule has 202 valence electrons. The van der Waals surface area contributed by atoms with Crippen molar-refractivity contribution in [1.82, 2.24) is 0 Å². The second kappa shape index (κ2) is 9.36.